The maximum Gasteiger partial charge on any atom is 0.309 e. The molecule has 0 bridgehead atoms. The molecule has 1 amide bonds. The molecule has 0 saturated heterocycles. The van der Waals surface area contributed by atoms with Crippen LogP contribution in [0.15, 0.2) is 24.3 Å². The van der Waals surface area contributed by atoms with Gasteiger partial charge in [-0.15, -0.1) is 0 Å². The predicted octanol–water partition coefficient (Wildman–Crippen LogP) is 2.50. The molecule has 1 aliphatic rings. The lowest BCUT2D eigenvalue weighted by molar-refractivity contribution is -0.151. The third-order valence-corrected chi connectivity index (χ3v) is 3.18. The van der Waals surface area contributed by atoms with Gasteiger partial charge in [0, 0.05) is 0 Å². The first-order valence-corrected chi connectivity index (χ1v) is 6.38. The maximum absolute atomic E-state index is 13.3. The van der Waals surface area contributed by atoms with E-state index in [1.165, 1.54) is 18.2 Å². The van der Waals surface area contributed by atoms with Gasteiger partial charge in [-0.1, -0.05) is 25.0 Å². The lowest BCUT2D eigenvalue weighted by atomic mass is 10.1. The first-order valence-electron chi connectivity index (χ1n) is 6.38. The van der Waals surface area contributed by atoms with Crippen molar-refractivity contribution in [1.29, 1.82) is 0 Å². The number of ether oxygens (including phenoxy) is 1. The SMILES string of the molecule is O=C(COC(=O)C1CCCC1)Nc1ccccc1F. The fourth-order valence-electron chi connectivity index (χ4n) is 2.16. The number of carbonyl (C=O) groups is 2. The molecule has 0 radical (unpaired) electrons. The van der Waals surface area contributed by atoms with E-state index in [1.54, 1.807) is 6.07 Å². The number of anilines is 1. The summed E-state index contributed by atoms with van der Waals surface area (Å²) in [5, 5.41) is 2.36. The zero-order valence-corrected chi connectivity index (χ0v) is 10.5. The molecule has 1 N–H and O–H groups in total. The Kier molecular flexibility index (Phi) is 4.49. The van der Waals surface area contributed by atoms with Gasteiger partial charge in [0.25, 0.3) is 5.91 Å². The second-order valence-corrected chi connectivity index (χ2v) is 4.62. The van der Waals surface area contributed by atoms with E-state index in [0.717, 1.165) is 25.7 Å². The summed E-state index contributed by atoms with van der Waals surface area (Å²) in [6.07, 6.45) is 3.71. The van der Waals surface area contributed by atoms with E-state index in [-0.39, 0.29) is 24.2 Å². The molecule has 5 heteroatoms. The highest BCUT2D eigenvalue weighted by Gasteiger charge is 2.24. The molecule has 0 aromatic heterocycles. The van der Waals surface area contributed by atoms with E-state index in [1.807, 2.05) is 0 Å². The zero-order valence-electron chi connectivity index (χ0n) is 10.5. The summed E-state index contributed by atoms with van der Waals surface area (Å²) in [4.78, 5) is 23.1. The van der Waals surface area contributed by atoms with Crippen LogP contribution in [0.5, 0.6) is 0 Å². The van der Waals surface area contributed by atoms with Crippen LogP contribution < -0.4 is 5.32 Å². The Hall–Kier alpha value is -1.91. The van der Waals surface area contributed by atoms with E-state index in [2.05, 4.69) is 5.32 Å². The van der Waals surface area contributed by atoms with E-state index in [0.29, 0.717) is 0 Å². The highest BCUT2D eigenvalue weighted by molar-refractivity contribution is 5.93. The van der Waals surface area contributed by atoms with E-state index < -0.39 is 11.7 Å². The third kappa shape index (κ3) is 3.77. The molecular weight excluding hydrogens is 249 g/mol. The summed E-state index contributed by atoms with van der Waals surface area (Å²) in [5.41, 5.74) is 0.0874. The van der Waals surface area contributed by atoms with Crippen molar-refractivity contribution in [3.8, 4) is 0 Å². The molecule has 0 heterocycles. The number of nitrogens with one attached hydrogen (secondary N) is 1. The van der Waals surface area contributed by atoms with Crippen LogP contribution in [-0.4, -0.2) is 18.5 Å². The van der Waals surface area contributed by atoms with Gasteiger partial charge in [-0.2, -0.15) is 0 Å². The van der Waals surface area contributed by atoms with Crippen LogP contribution in [0, 0.1) is 11.7 Å². The molecular formula is C14H16FNO3. The van der Waals surface area contributed by atoms with Crippen molar-refractivity contribution in [3.05, 3.63) is 30.1 Å². The lowest BCUT2D eigenvalue weighted by Gasteiger charge is -2.10. The predicted molar refractivity (Wildman–Crippen MR) is 67.9 cm³/mol. The Balaban J connectivity index is 1.78. The zero-order chi connectivity index (χ0) is 13.7. The highest BCUT2D eigenvalue weighted by Crippen LogP contribution is 2.25. The average Bonchev–Trinajstić information content (AvgIpc) is 2.93. The van der Waals surface area contributed by atoms with Crippen LogP contribution in [0.4, 0.5) is 10.1 Å². The monoisotopic (exact) mass is 265 g/mol. The molecule has 4 nitrogen and oxygen atoms in total. The maximum atomic E-state index is 13.3. The van der Waals surface area contributed by atoms with Crippen LogP contribution in [0.3, 0.4) is 0 Å². The summed E-state index contributed by atoms with van der Waals surface area (Å²) < 4.78 is 18.2. The van der Waals surface area contributed by atoms with E-state index in [4.69, 9.17) is 4.74 Å². The first-order chi connectivity index (χ1) is 9.16. The quantitative estimate of drug-likeness (QED) is 0.851. The number of hydrogen-bond donors (Lipinski definition) is 1. The molecule has 1 fully saturated rings. The van der Waals surface area contributed by atoms with Crippen LogP contribution in [0.25, 0.3) is 0 Å². The summed E-state index contributed by atoms with van der Waals surface area (Å²) in [6.45, 7) is -0.371. The third-order valence-electron chi connectivity index (χ3n) is 3.18. The molecule has 0 unspecified atom stereocenters. The van der Waals surface area contributed by atoms with Gasteiger partial charge in [0.05, 0.1) is 11.6 Å². The van der Waals surface area contributed by atoms with Gasteiger partial charge in [0.1, 0.15) is 5.82 Å². The minimum Gasteiger partial charge on any atom is -0.455 e. The number of hydrogen-bond acceptors (Lipinski definition) is 3. The topological polar surface area (TPSA) is 55.4 Å². The summed E-state index contributed by atoms with van der Waals surface area (Å²) in [5.74, 6) is -1.46. The number of para-hydroxylation sites is 1. The lowest BCUT2D eigenvalue weighted by Crippen LogP contribution is -2.24. The minimum absolute atomic E-state index is 0.0822. The molecule has 1 aliphatic carbocycles. The number of halogens is 1. The molecule has 0 spiro atoms. The Morgan fingerprint density at radius 3 is 2.63 bits per heavy atom. The summed E-state index contributed by atoms with van der Waals surface area (Å²) >= 11 is 0. The number of esters is 1. The van der Waals surface area contributed by atoms with Crippen molar-refractivity contribution in [3.63, 3.8) is 0 Å². The first kappa shape index (κ1) is 13.5. The van der Waals surface area contributed by atoms with Crippen molar-refractivity contribution in [2.45, 2.75) is 25.7 Å². The van der Waals surface area contributed by atoms with E-state index >= 15 is 0 Å². The van der Waals surface area contributed by atoms with Crippen LogP contribution in [-0.2, 0) is 14.3 Å². The standard InChI is InChI=1S/C14H16FNO3/c15-11-7-3-4-8-12(11)16-13(17)9-19-14(18)10-5-1-2-6-10/h3-4,7-8,10H,1-2,5-6,9H2,(H,16,17). The van der Waals surface area contributed by atoms with Gasteiger partial charge in [-0.05, 0) is 25.0 Å². The molecule has 0 atom stereocenters. The Morgan fingerprint density at radius 1 is 1.26 bits per heavy atom. The Morgan fingerprint density at radius 2 is 1.95 bits per heavy atom. The van der Waals surface area contributed by atoms with Crippen LogP contribution in [0.2, 0.25) is 0 Å². The van der Waals surface area contributed by atoms with Crippen molar-refractivity contribution in [2.24, 2.45) is 5.92 Å². The minimum atomic E-state index is -0.531. The smallest absolute Gasteiger partial charge is 0.309 e. The normalized spacial score (nSPS) is 15.2. The second-order valence-electron chi connectivity index (χ2n) is 4.62. The molecule has 0 aliphatic heterocycles. The second kappa shape index (κ2) is 6.31. The van der Waals surface area contributed by atoms with Gasteiger partial charge in [0.15, 0.2) is 6.61 Å². The molecule has 102 valence electrons. The summed E-state index contributed by atoms with van der Waals surface area (Å²) in [6, 6.07) is 5.85. The molecule has 19 heavy (non-hydrogen) atoms. The number of rotatable bonds is 4. The number of benzene rings is 1. The van der Waals surface area contributed by atoms with Crippen molar-refractivity contribution in [2.75, 3.05) is 11.9 Å². The van der Waals surface area contributed by atoms with Crippen LogP contribution >= 0.6 is 0 Å². The fourth-order valence-corrected chi connectivity index (χ4v) is 2.16. The van der Waals surface area contributed by atoms with Crippen molar-refractivity contribution < 1.29 is 18.7 Å². The largest absolute Gasteiger partial charge is 0.455 e. The van der Waals surface area contributed by atoms with E-state index in [9.17, 15) is 14.0 Å². The van der Waals surface area contributed by atoms with Gasteiger partial charge in [-0.3, -0.25) is 9.59 Å². The Bertz CT molecular complexity index is 470. The molecule has 1 aromatic carbocycles. The van der Waals surface area contributed by atoms with Crippen molar-refractivity contribution >= 4 is 17.6 Å². The van der Waals surface area contributed by atoms with Gasteiger partial charge >= 0.3 is 5.97 Å². The average molecular weight is 265 g/mol. The van der Waals surface area contributed by atoms with Crippen molar-refractivity contribution in [1.82, 2.24) is 0 Å². The summed E-state index contributed by atoms with van der Waals surface area (Å²) in [7, 11) is 0. The number of carbonyl (C=O) groups excluding carboxylic acids is 2. The fraction of sp³-hybridized carbons (Fsp3) is 0.429. The van der Waals surface area contributed by atoms with Gasteiger partial charge < -0.3 is 10.1 Å². The molecule has 1 saturated carbocycles. The molecule has 1 aromatic rings. The molecule has 2 rings (SSSR count). The Labute approximate surface area is 110 Å². The highest BCUT2D eigenvalue weighted by atomic mass is 19.1. The van der Waals surface area contributed by atoms with Gasteiger partial charge in [0.2, 0.25) is 0 Å². The van der Waals surface area contributed by atoms with Gasteiger partial charge in [-0.25, -0.2) is 4.39 Å². The van der Waals surface area contributed by atoms with Crippen LogP contribution in [0.1, 0.15) is 25.7 Å². The number of amides is 1.